The highest BCUT2D eigenvalue weighted by atomic mass is 16.7. The molecule has 2 aromatic rings. The Bertz CT molecular complexity index is 1030. The topological polar surface area (TPSA) is 147 Å². The lowest BCUT2D eigenvalue weighted by atomic mass is 9.65. The number of aliphatic carboxylic acids is 1. The van der Waals surface area contributed by atoms with Crippen LogP contribution in [0.5, 0.6) is 5.75 Å². The van der Waals surface area contributed by atoms with E-state index in [9.17, 15) is 30.0 Å². The molecule has 1 aliphatic rings. The molecule has 29 heavy (non-hydrogen) atoms. The van der Waals surface area contributed by atoms with Crippen LogP contribution in [0.1, 0.15) is 33.3 Å². The van der Waals surface area contributed by atoms with E-state index in [0.29, 0.717) is 10.9 Å². The number of fused-ring (bicyclic) bond motifs is 1. The van der Waals surface area contributed by atoms with Crippen molar-refractivity contribution < 1.29 is 39.1 Å². The van der Waals surface area contributed by atoms with Gasteiger partial charge in [-0.2, -0.15) is 0 Å². The number of carboxylic acid groups (broad SMARTS) is 1. The maximum atomic E-state index is 11.7. The van der Waals surface area contributed by atoms with Gasteiger partial charge in [-0.15, -0.1) is 0 Å². The van der Waals surface area contributed by atoms with Crippen LogP contribution in [-0.4, -0.2) is 55.1 Å². The number of hydrogen-bond acceptors (Lipinski definition) is 8. The average Bonchev–Trinajstić information content (AvgIpc) is 2.57. The molecule has 9 nitrogen and oxygen atoms in total. The standard InChI is InChI=1S/C20H24O9/c1-10-8-14(21)27-13-9-11(6-7-12(10)13)28-20(5)19(4,26)18(3,25)17(2,24)15(29-20)16(22)23/h6-9,15,24-26H,1-5H3,(H,22,23). The zero-order valence-corrected chi connectivity index (χ0v) is 16.7. The van der Waals surface area contributed by atoms with Crippen LogP contribution in [-0.2, 0) is 9.53 Å². The van der Waals surface area contributed by atoms with Gasteiger partial charge in [0.05, 0.1) is 0 Å². The fourth-order valence-corrected chi connectivity index (χ4v) is 3.65. The van der Waals surface area contributed by atoms with Gasteiger partial charge in [-0.05, 0) is 45.4 Å². The van der Waals surface area contributed by atoms with Gasteiger partial charge in [0.2, 0.25) is 5.79 Å². The molecule has 0 aliphatic carbocycles. The molecular weight excluding hydrogens is 384 g/mol. The van der Waals surface area contributed by atoms with Gasteiger partial charge >= 0.3 is 11.6 Å². The Hall–Kier alpha value is -2.46. The fourth-order valence-electron chi connectivity index (χ4n) is 3.65. The van der Waals surface area contributed by atoms with E-state index in [-0.39, 0.29) is 11.3 Å². The first-order valence-electron chi connectivity index (χ1n) is 8.95. The smallest absolute Gasteiger partial charge is 0.336 e. The summed E-state index contributed by atoms with van der Waals surface area (Å²) < 4.78 is 16.4. The van der Waals surface area contributed by atoms with E-state index in [1.165, 1.54) is 32.0 Å². The number of hydrogen-bond donors (Lipinski definition) is 4. The van der Waals surface area contributed by atoms with Crippen molar-refractivity contribution in [3.8, 4) is 5.75 Å². The highest BCUT2D eigenvalue weighted by molar-refractivity contribution is 5.81. The molecule has 1 aliphatic heterocycles. The van der Waals surface area contributed by atoms with Gasteiger partial charge in [-0.25, -0.2) is 9.59 Å². The van der Waals surface area contributed by atoms with E-state index in [4.69, 9.17) is 13.9 Å². The van der Waals surface area contributed by atoms with Crippen molar-refractivity contribution in [3.05, 3.63) is 40.2 Å². The molecule has 2 heterocycles. The normalized spacial score (nSPS) is 37.4. The molecule has 1 fully saturated rings. The highest BCUT2D eigenvalue weighted by Gasteiger charge is 2.73. The third-order valence-electron chi connectivity index (χ3n) is 6.13. The third-order valence-corrected chi connectivity index (χ3v) is 6.13. The van der Waals surface area contributed by atoms with E-state index >= 15 is 0 Å². The maximum Gasteiger partial charge on any atom is 0.336 e. The largest absolute Gasteiger partial charge is 0.479 e. The fraction of sp³-hybridized carbons (Fsp3) is 0.500. The van der Waals surface area contributed by atoms with Gasteiger partial charge in [0.25, 0.3) is 0 Å². The molecule has 5 atom stereocenters. The SMILES string of the molecule is Cc1cc(=O)oc2cc(OC3(C)OC(C(=O)O)C(C)(O)C(C)(O)C3(C)O)ccc12. The number of aryl methyl sites for hydroxylation is 1. The second-order valence-electron chi connectivity index (χ2n) is 8.08. The number of carbonyl (C=O) groups is 1. The lowest BCUT2D eigenvalue weighted by Crippen LogP contribution is -2.82. The van der Waals surface area contributed by atoms with Crippen LogP contribution in [0.25, 0.3) is 11.0 Å². The molecule has 1 aromatic heterocycles. The van der Waals surface area contributed by atoms with Crippen molar-refractivity contribution in [2.45, 2.75) is 63.3 Å². The van der Waals surface area contributed by atoms with Crippen LogP contribution in [0.2, 0.25) is 0 Å². The minimum atomic E-state index is -2.34. The second-order valence-corrected chi connectivity index (χ2v) is 8.08. The summed E-state index contributed by atoms with van der Waals surface area (Å²) in [6.45, 7) is 6.34. The summed E-state index contributed by atoms with van der Waals surface area (Å²) in [4.78, 5) is 23.3. The molecule has 0 bridgehead atoms. The minimum absolute atomic E-state index is 0.0931. The second kappa shape index (κ2) is 6.27. The van der Waals surface area contributed by atoms with Crippen LogP contribution in [0.4, 0.5) is 0 Å². The van der Waals surface area contributed by atoms with Crippen molar-refractivity contribution in [1.29, 1.82) is 0 Å². The monoisotopic (exact) mass is 408 g/mol. The van der Waals surface area contributed by atoms with E-state index in [2.05, 4.69) is 0 Å². The summed E-state index contributed by atoms with van der Waals surface area (Å²) in [7, 11) is 0. The molecule has 1 saturated heterocycles. The van der Waals surface area contributed by atoms with E-state index in [0.717, 1.165) is 13.8 Å². The zero-order chi connectivity index (χ0) is 22.0. The Morgan fingerprint density at radius 2 is 1.69 bits per heavy atom. The Morgan fingerprint density at radius 1 is 1.07 bits per heavy atom. The highest BCUT2D eigenvalue weighted by Crippen LogP contribution is 2.49. The first-order chi connectivity index (χ1) is 13.1. The number of ether oxygens (including phenoxy) is 2. The van der Waals surface area contributed by atoms with Crippen LogP contribution < -0.4 is 10.4 Å². The molecule has 4 N–H and O–H groups in total. The molecule has 0 spiro atoms. The van der Waals surface area contributed by atoms with Crippen LogP contribution in [0, 0.1) is 6.92 Å². The molecule has 0 amide bonds. The number of benzene rings is 1. The summed E-state index contributed by atoms with van der Waals surface area (Å²) in [6, 6.07) is 5.89. The lowest BCUT2D eigenvalue weighted by Gasteiger charge is -2.60. The van der Waals surface area contributed by atoms with Gasteiger partial charge in [-0.3, -0.25) is 0 Å². The number of aliphatic hydroxyl groups is 3. The van der Waals surface area contributed by atoms with Gasteiger partial charge in [-0.1, -0.05) is 0 Å². The van der Waals surface area contributed by atoms with Crippen molar-refractivity contribution in [1.82, 2.24) is 0 Å². The molecular formula is C20H24O9. The Balaban J connectivity index is 2.10. The quantitative estimate of drug-likeness (QED) is 0.545. The average molecular weight is 408 g/mol. The molecule has 158 valence electrons. The predicted molar refractivity (Wildman–Crippen MR) is 101 cm³/mol. The lowest BCUT2D eigenvalue weighted by molar-refractivity contribution is -0.407. The molecule has 1 aromatic carbocycles. The minimum Gasteiger partial charge on any atom is -0.479 e. The van der Waals surface area contributed by atoms with Crippen LogP contribution in [0.3, 0.4) is 0 Å². The van der Waals surface area contributed by atoms with Crippen molar-refractivity contribution >= 4 is 16.9 Å². The summed E-state index contributed by atoms with van der Waals surface area (Å²) in [5.74, 6) is -3.53. The maximum absolute atomic E-state index is 11.7. The predicted octanol–water partition coefficient (Wildman–Crippen LogP) is 0.933. The van der Waals surface area contributed by atoms with Gasteiger partial charge in [0.15, 0.2) is 11.7 Å². The molecule has 0 radical (unpaired) electrons. The molecule has 9 heteroatoms. The first kappa shape index (κ1) is 21.3. The molecule has 3 rings (SSSR count). The van der Waals surface area contributed by atoms with Crippen molar-refractivity contribution in [2.75, 3.05) is 0 Å². The summed E-state index contributed by atoms with van der Waals surface area (Å²) in [6.07, 6.45) is -1.90. The van der Waals surface area contributed by atoms with E-state index < -0.39 is 40.3 Å². The zero-order valence-electron chi connectivity index (χ0n) is 16.7. The summed E-state index contributed by atoms with van der Waals surface area (Å²) >= 11 is 0. The Morgan fingerprint density at radius 3 is 2.28 bits per heavy atom. The first-order valence-corrected chi connectivity index (χ1v) is 8.95. The van der Waals surface area contributed by atoms with Gasteiger partial charge in [0, 0.05) is 24.4 Å². The third kappa shape index (κ3) is 2.93. The Kier molecular flexibility index (Phi) is 4.59. The van der Waals surface area contributed by atoms with E-state index in [1.54, 1.807) is 13.0 Å². The Labute approximate surface area is 166 Å². The van der Waals surface area contributed by atoms with Crippen LogP contribution >= 0.6 is 0 Å². The van der Waals surface area contributed by atoms with Gasteiger partial charge in [0.1, 0.15) is 22.5 Å². The van der Waals surface area contributed by atoms with Crippen LogP contribution in [0.15, 0.2) is 33.5 Å². The molecule has 0 saturated carbocycles. The number of rotatable bonds is 3. The van der Waals surface area contributed by atoms with Crippen molar-refractivity contribution in [2.24, 2.45) is 0 Å². The summed E-state index contributed by atoms with van der Waals surface area (Å²) in [5.41, 5.74) is -6.56. The van der Waals surface area contributed by atoms with Gasteiger partial charge < -0.3 is 34.3 Å². The molecule has 5 unspecified atom stereocenters. The van der Waals surface area contributed by atoms with Crippen molar-refractivity contribution in [3.63, 3.8) is 0 Å². The van der Waals surface area contributed by atoms with E-state index in [1.807, 2.05) is 0 Å². The number of carboxylic acids is 1. The summed E-state index contributed by atoms with van der Waals surface area (Å²) in [5, 5.41) is 42.8.